The zero-order valence-electron chi connectivity index (χ0n) is 53.8. The molecule has 0 aliphatic carbocycles. The van der Waals surface area contributed by atoms with Gasteiger partial charge in [0.15, 0.2) is 6.10 Å². The highest BCUT2D eigenvalue weighted by molar-refractivity contribution is 5.71. The number of carbonyl (C=O) groups is 3. The highest BCUT2D eigenvalue weighted by Crippen LogP contribution is 2.18. The van der Waals surface area contributed by atoms with Crippen LogP contribution in [-0.2, 0) is 28.6 Å². The number of esters is 3. The second-order valence-corrected chi connectivity index (χ2v) is 23.4. The van der Waals surface area contributed by atoms with Crippen molar-refractivity contribution in [1.82, 2.24) is 0 Å². The van der Waals surface area contributed by atoms with Crippen LogP contribution in [0.15, 0.2) is 85.1 Å². The van der Waals surface area contributed by atoms with Crippen LogP contribution in [0.25, 0.3) is 0 Å². The molecule has 1 atom stereocenters. The number of allylic oxidation sites excluding steroid dienone is 14. The van der Waals surface area contributed by atoms with E-state index in [1.54, 1.807) is 0 Å². The van der Waals surface area contributed by atoms with E-state index in [2.05, 4.69) is 106 Å². The summed E-state index contributed by atoms with van der Waals surface area (Å²) in [5, 5.41) is 0. The molecule has 0 N–H and O–H groups in total. The molecule has 0 aromatic rings. The van der Waals surface area contributed by atoms with Gasteiger partial charge in [-0.25, -0.2) is 0 Å². The van der Waals surface area contributed by atoms with Crippen molar-refractivity contribution in [3.8, 4) is 0 Å². The van der Waals surface area contributed by atoms with E-state index < -0.39 is 6.10 Å². The van der Waals surface area contributed by atoms with Crippen LogP contribution in [0.3, 0.4) is 0 Å². The third-order valence-corrected chi connectivity index (χ3v) is 15.4. The van der Waals surface area contributed by atoms with E-state index >= 15 is 0 Å². The van der Waals surface area contributed by atoms with Crippen molar-refractivity contribution in [2.24, 2.45) is 0 Å². The summed E-state index contributed by atoms with van der Waals surface area (Å²) in [6.45, 7) is 6.56. The Labute approximate surface area is 503 Å². The first-order valence-electron chi connectivity index (χ1n) is 35.1. The lowest BCUT2D eigenvalue weighted by molar-refractivity contribution is -0.167. The number of rotatable bonds is 64. The lowest BCUT2D eigenvalue weighted by atomic mass is 10.0. The van der Waals surface area contributed by atoms with Crippen molar-refractivity contribution in [2.75, 3.05) is 13.2 Å². The smallest absolute Gasteiger partial charge is 0.306 e. The summed E-state index contributed by atoms with van der Waals surface area (Å²) >= 11 is 0. The Balaban J connectivity index is 4.33. The molecule has 0 saturated carbocycles. The molecule has 0 aliphatic rings. The van der Waals surface area contributed by atoms with Gasteiger partial charge in [-0.15, -0.1) is 0 Å². The van der Waals surface area contributed by atoms with E-state index in [1.807, 2.05) is 0 Å². The summed E-state index contributed by atoms with van der Waals surface area (Å²) < 4.78 is 17.0. The first-order valence-corrected chi connectivity index (χ1v) is 35.1. The molecule has 81 heavy (non-hydrogen) atoms. The molecule has 1 unspecified atom stereocenters. The number of ether oxygens (including phenoxy) is 3. The minimum atomic E-state index is -0.782. The fourth-order valence-corrected chi connectivity index (χ4v) is 10.2. The summed E-state index contributed by atoms with van der Waals surface area (Å²) in [4.78, 5) is 38.5. The van der Waals surface area contributed by atoms with E-state index in [1.165, 1.54) is 212 Å². The molecule has 0 spiro atoms. The van der Waals surface area contributed by atoms with Crippen molar-refractivity contribution < 1.29 is 28.6 Å². The van der Waals surface area contributed by atoms with Gasteiger partial charge in [0.2, 0.25) is 0 Å². The molecule has 0 saturated heterocycles. The summed E-state index contributed by atoms with van der Waals surface area (Å²) in [5.41, 5.74) is 0. The zero-order valence-corrected chi connectivity index (χ0v) is 53.8. The summed E-state index contributed by atoms with van der Waals surface area (Å²) in [5.74, 6) is -0.867. The van der Waals surface area contributed by atoms with Crippen LogP contribution in [0.5, 0.6) is 0 Å². The molecule has 0 bridgehead atoms. The molecular weight excluding hydrogens is 997 g/mol. The fraction of sp³-hybridized carbons (Fsp3) is 0.773. The van der Waals surface area contributed by atoms with E-state index in [0.717, 1.165) is 103 Å². The van der Waals surface area contributed by atoms with Gasteiger partial charge in [0.1, 0.15) is 13.2 Å². The third-order valence-electron chi connectivity index (χ3n) is 15.4. The van der Waals surface area contributed by atoms with Crippen molar-refractivity contribution in [2.45, 2.75) is 361 Å². The predicted molar refractivity (Wildman–Crippen MR) is 353 cm³/mol. The molecule has 0 aromatic heterocycles. The Bertz CT molecular complexity index is 1530. The highest BCUT2D eigenvalue weighted by Gasteiger charge is 2.19. The first kappa shape index (κ1) is 77.6. The number of unbranched alkanes of at least 4 members (excludes halogenated alkanes) is 39. The molecule has 0 radical (unpaired) electrons. The van der Waals surface area contributed by atoms with Gasteiger partial charge in [-0.3, -0.25) is 14.4 Å². The molecule has 0 aliphatic heterocycles. The molecule has 0 fully saturated rings. The Hall–Kier alpha value is -3.41. The van der Waals surface area contributed by atoms with Crippen LogP contribution in [0, 0.1) is 0 Å². The summed E-state index contributed by atoms with van der Waals surface area (Å²) in [6.07, 6.45) is 91.7. The second kappa shape index (κ2) is 69.1. The number of hydrogen-bond donors (Lipinski definition) is 0. The molecule has 0 heterocycles. The maximum Gasteiger partial charge on any atom is 0.306 e. The van der Waals surface area contributed by atoms with Crippen LogP contribution in [-0.4, -0.2) is 37.2 Å². The Kier molecular flexibility index (Phi) is 66.2. The Morgan fingerprint density at radius 2 is 0.481 bits per heavy atom. The monoisotopic (exact) mass is 1130 g/mol. The summed E-state index contributed by atoms with van der Waals surface area (Å²) in [6, 6.07) is 0. The molecule has 6 heteroatoms. The van der Waals surface area contributed by atoms with Gasteiger partial charge < -0.3 is 14.2 Å². The van der Waals surface area contributed by atoms with Crippen LogP contribution in [0.1, 0.15) is 355 Å². The van der Waals surface area contributed by atoms with E-state index in [4.69, 9.17) is 14.2 Å². The van der Waals surface area contributed by atoms with Crippen molar-refractivity contribution in [3.05, 3.63) is 85.1 Å². The molecule has 0 rings (SSSR count). The molecule has 6 nitrogen and oxygen atoms in total. The number of hydrogen-bond acceptors (Lipinski definition) is 6. The molecule has 0 aromatic carbocycles. The fourth-order valence-electron chi connectivity index (χ4n) is 10.2. The van der Waals surface area contributed by atoms with Gasteiger partial charge >= 0.3 is 17.9 Å². The maximum atomic E-state index is 13.0. The predicted octanol–water partition coefficient (Wildman–Crippen LogP) is 24.2. The lowest BCUT2D eigenvalue weighted by Gasteiger charge is -2.18. The minimum absolute atomic E-state index is 0.0764. The van der Waals surface area contributed by atoms with E-state index in [0.29, 0.717) is 19.3 Å². The van der Waals surface area contributed by atoms with Crippen LogP contribution in [0.4, 0.5) is 0 Å². The summed E-state index contributed by atoms with van der Waals surface area (Å²) in [7, 11) is 0. The average Bonchev–Trinajstić information content (AvgIpc) is 3.47. The van der Waals surface area contributed by atoms with Crippen molar-refractivity contribution in [1.29, 1.82) is 0 Å². The van der Waals surface area contributed by atoms with Crippen LogP contribution in [0.2, 0.25) is 0 Å². The van der Waals surface area contributed by atoms with Gasteiger partial charge in [0.05, 0.1) is 0 Å². The SMILES string of the molecule is CC/C=C\C/C=C\C/C=C\C/C=C\C/C=C\CCCCCCCCCCCCCC(=O)OCC(COC(=O)CCCCCCCCCCCCCCCCCCCC)OC(=O)CCCCCCCCC/C=C\C/C=C\CCCCCC. The normalized spacial score (nSPS) is 12.6. The maximum absolute atomic E-state index is 13.0. The number of carbonyl (C=O) groups excluding carboxylic acids is 3. The topological polar surface area (TPSA) is 78.9 Å². The van der Waals surface area contributed by atoms with Crippen LogP contribution < -0.4 is 0 Å². The largest absolute Gasteiger partial charge is 0.462 e. The van der Waals surface area contributed by atoms with Gasteiger partial charge in [-0.05, 0) is 96.3 Å². The Morgan fingerprint density at radius 3 is 0.765 bits per heavy atom. The second-order valence-electron chi connectivity index (χ2n) is 23.4. The first-order chi connectivity index (χ1) is 40.0. The Morgan fingerprint density at radius 1 is 0.259 bits per heavy atom. The van der Waals surface area contributed by atoms with Gasteiger partial charge in [0, 0.05) is 19.3 Å². The van der Waals surface area contributed by atoms with Crippen molar-refractivity contribution >= 4 is 17.9 Å². The standard InChI is InChI=1S/C75H132O6/c1-4-7-10-13-16-19-22-25-28-31-34-35-36-37-38-39-40-41-42-45-47-50-53-56-59-62-65-68-74(77)80-71-72(81-75(78)69-66-63-60-57-54-51-48-44-33-30-27-24-21-18-15-12-9-6-3)70-79-73(76)67-64-61-58-55-52-49-46-43-32-29-26-23-20-17-14-11-8-5-2/h7,10,16,19,21,24-25,28,30,33-35,37-38,72H,4-6,8-9,11-15,17-18,20,22-23,26-27,29,31-32,36,39-71H2,1-3H3/b10-7-,19-16-,24-21-,28-25-,33-30-,35-34-,38-37-. The highest BCUT2D eigenvalue weighted by atomic mass is 16.6. The quantitative estimate of drug-likeness (QED) is 0.0261. The van der Waals surface area contributed by atoms with Gasteiger partial charge in [-0.1, -0.05) is 324 Å². The third kappa shape index (κ3) is 67.3. The molecule has 468 valence electrons. The van der Waals surface area contributed by atoms with Crippen LogP contribution >= 0.6 is 0 Å². The average molecular weight is 1130 g/mol. The van der Waals surface area contributed by atoms with E-state index in [-0.39, 0.29) is 31.1 Å². The minimum Gasteiger partial charge on any atom is -0.462 e. The lowest BCUT2D eigenvalue weighted by Crippen LogP contribution is -2.30. The van der Waals surface area contributed by atoms with Gasteiger partial charge in [-0.2, -0.15) is 0 Å². The molecular formula is C75H132O6. The zero-order chi connectivity index (χ0) is 58.5. The van der Waals surface area contributed by atoms with E-state index in [9.17, 15) is 14.4 Å². The molecule has 0 amide bonds. The van der Waals surface area contributed by atoms with Crippen molar-refractivity contribution in [3.63, 3.8) is 0 Å². The van der Waals surface area contributed by atoms with Gasteiger partial charge in [0.25, 0.3) is 0 Å².